The van der Waals surface area contributed by atoms with Crippen LogP contribution in [0.2, 0.25) is 0 Å². The summed E-state index contributed by atoms with van der Waals surface area (Å²) in [6, 6.07) is 1.58. The molecule has 1 amide bonds. The predicted molar refractivity (Wildman–Crippen MR) is 67.8 cm³/mol. The summed E-state index contributed by atoms with van der Waals surface area (Å²) < 4.78 is 38.0. The van der Waals surface area contributed by atoms with Crippen molar-refractivity contribution in [2.24, 2.45) is 11.7 Å². The number of carboxylic acid groups (broad SMARTS) is 1. The molecule has 1 aromatic heterocycles. The van der Waals surface area contributed by atoms with Gasteiger partial charge in [-0.15, -0.1) is 0 Å². The Morgan fingerprint density at radius 1 is 1.43 bits per heavy atom. The maximum Gasteiger partial charge on any atom is 0.433 e. The Morgan fingerprint density at radius 3 is 2.43 bits per heavy atom. The zero-order valence-electron chi connectivity index (χ0n) is 11.3. The van der Waals surface area contributed by atoms with Crippen molar-refractivity contribution in [1.82, 2.24) is 4.98 Å². The number of primary amides is 1. The van der Waals surface area contributed by atoms with Gasteiger partial charge >= 0.3 is 12.1 Å². The van der Waals surface area contributed by atoms with Crippen LogP contribution in [-0.2, 0) is 11.0 Å². The van der Waals surface area contributed by atoms with E-state index in [1.54, 1.807) is 0 Å². The van der Waals surface area contributed by atoms with Gasteiger partial charge in [-0.3, -0.25) is 9.59 Å². The van der Waals surface area contributed by atoms with Crippen molar-refractivity contribution < 1.29 is 27.9 Å². The van der Waals surface area contributed by atoms with Crippen molar-refractivity contribution in [1.29, 1.82) is 0 Å². The van der Waals surface area contributed by atoms with Gasteiger partial charge in [-0.1, -0.05) is 6.92 Å². The van der Waals surface area contributed by atoms with Gasteiger partial charge in [-0.2, -0.15) is 13.2 Å². The Bertz CT molecular complexity index is 560. The molecular weight excluding hydrogens is 291 g/mol. The highest BCUT2D eigenvalue weighted by atomic mass is 19.4. The van der Waals surface area contributed by atoms with Gasteiger partial charge in [0.2, 0.25) is 0 Å². The van der Waals surface area contributed by atoms with Crippen molar-refractivity contribution >= 4 is 17.7 Å². The third-order valence-corrected chi connectivity index (χ3v) is 2.76. The molecule has 0 aliphatic rings. The van der Waals surface area contributed by atoms with Crippen LogP contribution in [0.1, 0.15) is 23.0 Å². The summed E-state index contributed by atoms with van der Waals surface area (Å²) in [4.78, 5) is 26.6. The lowest BCUT2D eigenvalue weighted by atomic mass is 10.1. The Morgan fingerprint density at radius 2 is 2.00 bits per heavy atom. The Balaban J connectivity index is 3.23. The van der Waals surface area contributed by atoms with Crippen LogP contribution in [0, 0.1) is 5.92 Å². The molecule has 0 spiro atoms. The summed E-state index contributed by atoms with van der Waals surface area (Å²) in [6.07, 6.45) is -4.68. The molecule has 3 N–H and O–H groups in total. The number of hydrogen-bond donors (Lipinski definition) is 2. The minimum absolute atomic E-state index is 0.121. The van der Waals surface area contributed by atoms with Gasteiger partial charge in [-0.25, -0.2) is 4.98 Å². The van der Waals surface area contributed by atoms with E-state index < -0.39 is 29.7 Å². The van der Waals surface area contributed by atoms with Crippen molar-refractivity contribution in [2.45, 2.75) is 13.1 Å². The first-order valence-electron chi connectivity index (χ1n) is 5.86. The van der Waals surface area contributed by atoms with Gasteiger partial charge in [0.25, 0.3) is 5.91 Å². The smallest absolute Gasteiger partial charge is 0.433 e. The average molecular weight is 305 g/mol. The number of carbonyl (C=O) groups is 2. The normalized spacial score (nSPS) is 12.8. The third kappa shape index (κ3) is 4.07. The van der Waals surface area contributed by atoms with Gasteiger partial charge in [0.05, 0.1) is 11.5 Å². The van der Waals surface area contributed by atoms with E-state index in [0.29, 0.717) is 6.07 Å². The molecule has 0 fully saturated rings. The zero-order valence-corrected chi connectivity index (χ0v) is 11.3. The third-order valence-electron chi connectivity index (χ3n) is 2.76. The number of rotatable bonds is 5. The Kier molecular flexibility index (Phi) is 4.77. The van der Waals surface area contributed by atoms with E-state index in [2.05, 4.69) is 4.98 Å². The van der Waals surface area contributed by atoms with Crippen LogP contribution in [0.25, 0.3) is 0 Å². The number of anilines is 1. The fourth-order valence-electron chi connectivity index (χ4n) is 1.66. The number of amides is 1. The molecule has 1 atom stereocenters. The first-order valence-corrected chi connectivity index (χ1v) is 5.86. The highest BCUT2D eigenvalue weighted by Gasteiger charge is 2.34. The van der Waals surface area contributed by atoms with Crippen molar-refractivity contribution in [3.8, 4) is 0 Å². The highest BCUT2D eigenvalue weighted by molar-refractivity contribution is 5.97. The molecule has 6 nitrogen and oxygen atoms in total. The number of carboxylic acids is 1. The largest absolute Gasteiger partial charge is 0.481 e. The van der Waals surface area contributed by atoms with Gasteiger partial charge in [0.1, 0.15) is 11.5 Å². The van der Waals surface area contributed by atoms with E-state index in [4.69, 9.17) is 10.8 Å². The molecule has 116 valence electrons. The minimum atomic E-state index is -4.68. The lowest BCUT2D eigenvalue weighted by Crippen LogP contribution is -2.31. The second kappa shape index (κ2) is 5.98. The number of pyridine rings is 1. The van der Waals surface area contributed by atoms with E-state index in [9.17, 15) is 22.8 Å². The molecule has 1 unspecified atom stereocenters. The molecule has 0 aliphatic carbocycles. The van der Waals surface area contributed by atoms with Crippen LogP contribution < -0.4 is 10.6 Å². The van der Waals surface area contributed by atoms with E-state index >= 15 is 0 Å². The molecular formula is C12H14F3N3O3. The molecule has 1 aromatic rings. The monoisotopic (exact) mass is 305 g/mol. The summed E-state index contributed by atoms with van der Waals surface area (Å²) in [7, 11) is 1.34. The van der Waals surface area contributed by atoms with Crippen molar-refractivity contribution in [3.05, 3.63) is 23.4 Å². The number of nitrogens with zero attached hydrogens (tertiary/aromatic N) is 2. The number of halogens is 3. The number of hydrogen-bond acceptors (Lipinski definition) is 4. The van der Waals surface area contributed by atoms with Crippen LogP contribution >= 0.6 is 0 Å². The Labute approximate surface area is 118 Å². The van der Waals surface area contributed by atoms with E-state index in [-0.39, 0.29) is 17.9 Å². The summed E-state index contributed by atoms with van der Waals surface area (Å²) in [5, 5.41) is 8.82. The second-order valence-corrected chi connectivity index (χ2v) is 4.55. The first-order chi connectivity index (χ1) is 9.54. The van der Waals surface area contributed by atoms with Gasteiger partial charge in [0, 0.05) is 13.6 Å². The maximum atomic E-state index is 12.7. The molecule has 0 bridgehead atoms. The molecule has 0 radical (unpaired) electrons. The number of aromatic nitrogens is 1. The SMILES string of the molecule is CC(CN(C)c1nc(C(F)(F)F)ccc1C(N)=O)C(=O)O. The van der Waals surface area contributed by atoms with Crippen molar-refractivity contribution in [2.75, 3.05) is 18.5 Å². The van der Waals surface area contributed by atoms with Gasteiger partial charge in [0.15, 0.2) is 0 Å². The maximum absolute atomic E-state index is 12.7. The van der Waals surface area contributed by atoms with E-state index in [1.807, 2.05) is 0 Å². The molecule has 0 aliphatic heterocycles. The standard InChI is InChI=1S/C12H14F3N3O3/c1-6(11(20)21)5-18(2)10-7(9(16)19)3-4-8(17-10)12(13,14)15/h3-4,6H,5H2,1-2H3,(H2,16,19)(H,20,21). The van der Waals surface area contributed by atoms with Crippen molar-refractivity contribution in [3.63, 3.8) is 0 Å². The van der Waals surface area contributed by atoms with Crippen LogP contribution in [0.15, 0.2) is 12.1 Å². The average Bonchev–Trinajstić information content (AvgIpc) is 2.36. The molecule has 9 heteroatoms. The van der Waals surface area contributed by atoms with Crippen LogP contribution in [0.4, 0.5) is 19.0 Å². The quantitative estimate of drug-likeness (QED) is 0.856. The fourth-order valence-corrected chi connectivity index (χ4v) is 1.66. The number of alkyl halides is 3. The summed E-state index contributed by atoms with van der Waals surface area (Å²) in [5.41, 5.74) is 3.71. The van der Waals surface area contributed by atoms with E-state index in [0.717, 1.165) is 11.0 Å². The van der Waals surface area contributed by atoms with Gasteiger partial charge in [-0.05, 0) is 12.1 Å². The first kappa shape index (κ1) is 16.7. The molecule has 1 rings (SSSR count). The number of nitrogens with two attached hydrogens (primary N) is 1. The lowest BCUT2D eigenvalue weighted by molar-refractivity contribution is -0.142. The Hall–Kier alpha value is -2.32. The number of aliphatic carboxylic acids is 1. The molecule has 0 saturated heterocycles. The highest BCUT2D eigenvalue weighted by Crippen LogP contribution is 2.30. The molecule has 0 aromatic carbocycles. The van der Waals surface area contributed by atoms with Gasteiger partial charge < -0.3 is 15.7 Å². The summed E-state index contributed by atoms with van der Waals surface area (Å²) in [6.45, 7) is 1.26. The molecule has 0 saturated carbocycles. The lowest BCUT2D eigenvalue weighted by Gasteiger charge is -2.23. The topological polar surface area (TPSA) is 96.5 Å². The summed E-state index contributed by atoms with van der Waals surface area (Å²) >= 11 is 0. The molecule has 21 heavy (non-hydrogen) atoms. The minimum Gasteiger partial charge on any atom is -0.481 e. The number of carbonyl (C=O) groups excluding carboxylic acids is 1. The van der Waals surface area contributed by atoms with Crippen LogP contribution in [-0.4, -0.2) is 35.6 Å². The molecule has 1 heterocycles. The van der Waals surface area contributed by atoms with E-state index in [1.165, 1.54) is 14.0 Å². The zero-order chi connectivity index (χ0) is 16.4. The summed E-state index contributed by atoms with van der Waals surface area (Å²) in [5.74, 6) is -3.21. The van der Waals surface area contributed by atoms with Crippen LogP contribution in [0.5, 0.6) is 0 Å². The predicted octanol–water partition coefficient (Wildman–Crippen LogP) is 1.36. The fraction of sp³-hybridized carbons (Fsp3) is 0.417. The second-order valence-electron chi connectivity index (χ2n) is 4.55. The van der Waals surface area contributed by atoms with Crippen LogP contribution in [0.3, 0.4) is 0 Å².